The Morgan fingerprint density at radius 1 is 1.19 bits per heavy atom. The van der Waals surface area contributed by atoms with Gasteiger partial charge in [-0.25, -0.2) is 0 Å². The molecule has 0 aromatic carbocycles. The van der Waals surface area contributed by atoms with E-state index in [0.717, 1.165) is 44.3 Å². The number of rotatable bonds is 7. The van der Waals surface area contributed by atoms with E-state index in [-0.39, 0.29) is 0 Å². The Labute approximate surface area is 105 Å². The number of hydrogen-bond acceptors (Lipinski definition) is 2. The third-order valence-corrected chi connectivity index (χ3v) is 2.40. The normalized spacial score (nSPS) is 11.2. The van der Waals surface area contributed by atoms with E-state index >= 15 is 0 Å². The molecule has 0 atom stereocenters. The van der Waals surface area contributed by atoms with Crippen LogP contribution in [0.15, 0.2) is 0 Å². The minimum absolute atomic E-state index is 0.359. The third-order valence-electron chi connectivity index (χ3n) is 2.12. The fourth-order valence-corrected chi connectivity index (χ4v) is 1.34. The van der Waals surface area contributed by atoms with Gasteiger partial charge in [-0.3, -0.25) is 0 Å². The Morgan fingerprint density at radius 2 is 1.81 bits per heavy atom. The van der Waals surface area contributed by atoms with Gasteiger partial charge in [0.25, 0.3) is 0 Å². The maximum absolute atomic E-state index is 5.24. The number of nitrogens with one attached hydrogen (secondary N) is 2. The number of ether oxygens (including phenoxy) is 1. The minimum atomic E-state index is 0.359. The van der Waals surface area contributed by atoms with Crippen molar-refractivity contribution in [3.05, 3.63) is 0 Å². The lowest BCUT2D eigenvalue weighted by Gasteiger charge is -2.19. The Bertz CT molecular complexity index is 190. The average Bonchev–Trinajstić information content (AvgIpc) is 2.15. The Morgan fingerprint density at radius 3 is 2.38 bits per heavy atom. The summed E-state index contributed by atoms with van der Waals surface area (Å²) in [5.74, 6) is 0. The Hall–Kier alpha value is -0.350. The molecular weight excluding hydrogens is 220 g/mol. The zero-order chi connectivity index (χ0) is 12.4. The maximum Gasteiger partial charge on any atom is 0.166 e. The van der Waals surface area contributed by atoms with Crippen molar-refractivity contribution in [2.45, 2.75) is 40.5 Å². The van der Waals surface area contributed by atoms with Crippen LogP contribution >= 0.6 is 12.2 Å². The van der Waals surface area contributed by atoms with Crippen molar-refractivity contribution in [3.8, 4) is 0 Å². The van der Waals surface area contributed by atoms with E-state index in [0.29, 0.717) is 5.41 Å². The molecule has 0 aliphatic carbocycles. The Balaban J connectivity index is 3.32. The lowest BCUT2D eigenvalue weighted by Crippen LogP contribution is -2.37. The summed E-state index contributed by atoms with van der Waals surface area (Å²) in [4.78, 5) is 0. The van der Waals surface area contributed by atoms with Crippen LogP contribution in [0.2, 0.25) is 0 Å². The fourth-order valence-electron chi connectivity index (χ4n) is 1.13. The number of thiocarbonyl (C=S) groups is 1. The summed E-state index contributed by atoms with van der Waals surface area (Å²) < 4.78 is 5.24. The molecule has 0 radical (unpaired) electrons. The van der Waals surface area contributed by atoms with Gasteiger partial charge in [-0.2, -0.15) is 0 Å². The van der Waals surface area contributed by atoms with E-state index in [1.165, 1.54) is 0 Å². The molecule has 0 saturated carbocycles. The van der Waals surface area contributed by atoms with Crippen LogP contribution in [0.4, 0.5) is 0 Å². The predicted octanol–water partition coefficient (Wildman–Crippen LogP) is 2.31. The van der Waals surface area contributed by atoms with Gasteiger partial charge in [0.2, 0.25) is 0 Å². The van der Waals surface area contributed by atoms with Gasteiger partial charge < -0.3 is 15.4 Å². The van der Waals surface area contributed by atoms with Gasteiger partial charge in [-0.05, 0) is 37.4 Å². The molecular formula is C12H26N2OS. The predicted molar refractivity (Wildman–Crippen MR) is 73.8 cm³/mol. The molecule has 0 aliphatic heterocycles. The quantitative estimate of drug-likeness (QED) is 0.533. The highest BCUT2D eigenvalue weighted by atomic mass is 32.1. The second kappa shape index (κ2) is 8.76. The number of hydrogen-bond donors (Lipinski definition) is 2. The molecule has 0 spiro atoms. The van der Waals surface area contributed by atoms with Crippen LogP contribution in [0.1, 0.15) is 40.5 Å². The monoisotopic (exact) mass is 246 g/mol. The van der Waals surface area contributed by atoms with Crippen LogP contribution in [0.3, 0.4) is 0 Å². The Kier molecular flexibility index (Phi) is 8.57. The molecule has 0 bridgehead atoms. The average molecular weight is 246 g/mol. The molecule has 0 aromatic rings. The van der Waals surface area contributed by atoms with Gasteiger partial charge in [-0.1, -0.05) is 20.8 Å². The molecule has 0 unspecified atom stereocenters. The van der Waals surface area contributed by atoms with Crippen molar-refractivity contribution < 1.29 is 4.74 Å². The van der Waals surface area contributed by atoms with Gasteiger partial charge >= 0.3 is 0 Å². The van der Waals surface area contributed by atoms with E-state index in [1.54, 1.807) is 0 Å². The molecule has 0 amide bonds. The van der Waals surface area contributed by atoms with Crippen LogP contribution in [0, 0.1) is 5.41 Å². The maximum atomic E-state index is 5.24. The van der Waals surface area contributed by atoms with E-state index in [2.05, 4.69) is 31.4 Å². The molecule has 0 saturated heterocycles. The third kappa shape index (κ3) is 11.7. The molecule has 0 fully saturated rings. The SMILES string of the molecule is CCOCCCNC(=S)NCCC(C)(C)C. The van der Waals surface area contributed by atoms with Gasteiger partial charge in [0, 0.05) is 26.3 Å². The summed E-state index contributed by atoms with van der Waals surface area (Å²) in [6.07, 6.45) is 2.11. The van der Waals surface area contributed by atoms with Crippen molar-refractivity contribution >= 4 is 17.3 Å². The van der Waals surface area contributed by atoms with Crippen LogP contribution in [0.25, 0.3) is 0 Å². The summed E-state index contributed by atoms with van der Waals surface area (Å²) in [6, 6.07) is 0. The zero-order valence-corrected chi connectivity index (χ0v) is 11.9. The highest BCUT2D eigenvalue weighted by Crippen LogP contribution is 2.16. The van der Waals surface area contributed by atoms with Crippen molar-refractivity contribution in [2.24, 2.45) is 5.41 Å². The smallest absolute Gasteiger partial charge is 0.166 e. The van der Waals surface area contributed by atoms with E-state index in [1.807, 2.05) is 6.92 Å². The summed E-state index contributed by atoms with van der Waals surface area (Å²) >= 11 is 5.16. The lowest BCUT2D eigenvalue weighted by atomic mass is 9.92. The first-order valence-electron chi connectivity index (χ1n) is 6.05. The second-order valence-corrected chi connectivity index (χ2v) is 5.45. The van der Waals surface area contributed by atoms with E-state index in [4.69, 9.17) is 17.0 Å². The van der Waals surface area contributed by atoms with Crippen molar-refractivity contribution in [2.75, 3.05) is 26.3 Å². The zero-order valence-electron chi connectivity index (χ0n) is 11.1. The molecule has 0 aromatic heterocycles. The van der Waals surface area contributed by atoms with E-state index in [9.17, 15) is 0 Å². The fraction of sp³-hybridized carbons (Fsp3) is 0.917. The van der Waals surface area contributed by atoms with Crippen LogP contribution in [-0.4, -0.2) is 31.4 Å². The molecule has 0 heterocycles. The highest BCUT2D eigenvalue weighted by Gasteiger charge is 2.09. The summed E-state index contributed by atoms with van der Waals surface area (Å²) in [7, 11) is 0. The summed E-state index contributed by atoms with van der Waals surface area (Å²) in [5, 5.41) is 7.13. The standard InChI is InChI=1S/C12H26N2OS/c1-5-15-10-6-8-13-11(16)14-9-7-12(2,3)4/h5-10H2,1-4H3,(H2,13,14,16). The largest absolute Gasteiger partial charge is 0.382 e. The molecule has 3 nitrogen and oxygen atoms in total. The minimum Gasteiger partial charge on any atom is -0.382 e. The van der Waals surface area contributed by atoms with Gasteiger partial charge in [0.05, 0.1) is 0 Å². The molecule has 2 N–H and O–H groups in total. The topological polar surface area (TPSA) is 33.3 Å². The summed E-state index contributed by atoms with van der Waals surface area (Å²) in [5.41, 5.74) is 0.359. The molecule has 96 valence electrons. The van der Waals surface area contributed by atoms with Crippen LogP contribution < -0.4 is 10.6 Å². The van der Waals surface area contributed by atoms with Crippen LogP contribution in [0.5, 0.6) is 0 Å². The lowest BCUT2D eigenvalue weighted by molar-refractivity contribution is 0.145. The van der Waals surface area contributed by atoms with Gasteiger partial charge in [0.1, 0.15) is 0 Å². The first kappa shape index (κ1) is 15.7. The van der Waals surface area contributed by atoms with Crippen molar-refractivity contribution in [1.29, 1.82) is 0 Å². The van der Waals surface area contributed by atoms with Crippen molar-refractivity contribution in [3.63, 3.8) is 0 Å². The highest BCUT2D eigenvalue weighted by molar-refractivity contribution is 7.80. The van der Waals surface area contributed by atoms with Crippen molar-refractivity contribution in [1.82, 2.24) is 10.6 Å². The summed E-state index contributed by atoms with van der Waals surface area (Å²) in [6.45, 7) is 12.1. The van der Waals surface area contributed by atoms with Gasteiger partial charge in [-0.15, -0.1) is 0 Å². The van der Waals surface area contributed by atoms with Gasteiger partial charge in [0.15, 0.2) is 5.11 Å². The molecule has 4 heteroatoms. The van der Waals surface area contributed by atoms with Crippen LogP contribution in [-0.2, 0) is 4.74 Å². The van der Waals surface area contributed by atoms with E-state index < -0.39 is 0 Å². The molecule has 0 rings (SSSR count). The first-order chi connectivity index (χ1) is 7.45. The molecule has 0 aliphatic rings. The second-order valence-electron chi connectivity index (χ2n) is 5.04. The molecule has 16 heavy (non-hydrogen) atoms. The first-order valence-corrected chi connectivity index (χ1v) is 6.46.